The molecule has 7 heteroatoms. The van der Waals surface area contributed by atoms with Gasteiger partial charge in [0, 0.05) is 31.8 Å². The summed E-state index contributed by atoms with van der Waals surface area (Å²) in [6.45, 7) is 1.11. The lowest BCUT2D eigenvalue weighted by Gasteiger charge is -2.39. The number of H-pyrrole nitrogens is 1. The highest BCUT2D eigenvalue weighted by atomic mass is 16.5. The Bertz CT molecular complexity index is 639. The number of pyridine rings is 1. The van der Waals surface area contributed by atoms with Gasteiger partial charge < -0.3 is 19.5 Å². The van der Waals surface area contributed by atoms with Crippen molar-refractivity contribution >= 4 is 11.8 Å². The standard InChI is InChI=1S/C14H17N3O4/c1-21-10-7-11(18)15-8-9(10)14(20)17-6-4-13(19)16-5-2-3-12(16)17/h7-8,12H,2-6H2,1H3,(H,15,18). The number of hydrogen-bond acceptors (Lipinski definition) is 4. The van der Waals surface area contributed by atoms with Crippen LogP contribution in [0.2, 0.25) is 0 Å². The molecule has 2 aliphatic heterocycles. The lowest BCUT2D eigenvalue weighted by Crippen LogP contribution is -2.55. The zero-order chi connectivity index (χ0) is 15.0. The molecule has 0 aliphatic carbocycles. The summed E-state index contributed by atoms with van der Waals surface area (Å²) in [5, 5.41) is 0. The van der Waals surface area contributed by atoms with Gasteiger partial charge in [0.25, 0.3) is 11.5 Å². The molecule has 3 rings (SSSR count). The summed E-state index contributed by atoms with van der Waals surface area (Å²) in [5.41, 5.74) is -0.00184. The molecule has 112 valence electrons. The molecule has 0 spiro atoms. The predicted molar refractivity (Wildman–Crippen MR) is 74.0 cm³/mol. The van der Waals surface area contributed by atoms with E-state index in [9.17, 15) is 14.4 Å². The summed E-state index contributed by atoms with van der Waals surface area (Å²) < 4.78 is 5.12. The number of rotatable bonds is 2. The molecule has 0 bridgehead atoms. The second-order valence-corrected chi connectivity index (χ2v) is 5.24. The number of carbonyl (C=O) groups is 2. The normalized spacial score (nSPS) is 21.4. The number of carbonyl (C=O) groups excluding carboxylic acids is 2. The molecule has 0 saturated carbocycles. The van der Waals surface area contributed by atoms with E-state index in [4.69, 9.17) is 4.74 Å². The van der Waals surface area contributed by atoms with E-state index in [-0.39, 0.29) is 29.3 Å². The molecular formula is C14H17N3O4. The second kappa shape index (κ2) is 5.23. The van der Waals surface area contributed by atoms with Crippen molar-refractivity contribution in [2.45, 2.75) is 25.4 Å². The van der Waals surface area contributed by atoms with Gasteiger partial charge in [-0.2, -0.15) is 0 Å². The molecule has 1 atom stereocenters. The minimum Gasteiger partial charge on any atom is -0.496 e. The fraction of sp³-hybridized carbons (Fsp3) is 0.500. The average Bonchev–Trinajstić information content (AvgIpc) is 2.97. The molecule has 2 fully saturated rings. The van der Waals surface area contributed by atoms with Gasteiger partial charge in [-0.3, -0.25) is 14.4 Å². The number of nitrogens with one attached hydrogen (secondary N) is 1. The van der Waals surface area contributed by atoms with Crippen LogP contribution in [0.25, 0.3) is 0 Å². The number of ether oxygens (including phenoxy) is 1. The van der Waals surface area contributed by atoms with Crippen molar-refractivity contribution in [3.05, 3.63) is 28.2 Å². The molecule has 21 heavy (non-hydrogen) atoms. The number of amides is 2. The highest BCUT2D eigenvalue weighted by Crippen LogP contribution is 2.28. The van der Waals surface area contributed by atoms with Crippen LogP contribution in [0, 0.1) is 0 Å². The van der Waals surface area contributed by atoms with E-state index in [1.165, 1.54) is 19.4 Å². The molecule has 7 nitrogen and oxygen atoms in total. The Morgan fingerprint density at radius 2 is 2.19 bits per heavy atom. The van der Waals surface area contributed by atoms with E-state index in [1.807, 2.05) is 0 Å². The van der Waals surface area contributed by atoms with Crippen molar-refractivity contribution in [1.29, 1.82) is 0 Å². The van der Waals surface area contributed by atoms with Crippen LogP contribution in [-0.4, -0.2) is 53.0 Å². The van der Waals surface area contributed by atoms with E-state index in [0.29, 0.717) is 25.1 Å². The van der Waals surface area contributed by atoms with Crippen LogP contribution in [0.4, 0.5) is 0 Å². The molecule has 3 heterocycles. The van der Waals surface area contributed by atoms with Crippen molar-refractivity contribution in [1.82, 2.24) is 14.8 Å². The van der Waals surface area contributed by atoms with Crippen LogP contribution in [0.15, 0.2) is 17.1 Å². The van der Waals surface area contributed by atoms with Gasteiger partial charge in [-0.25, -0.2) is 0 Å². The molecular weight excluding hydrogens is 274 g/mol. The van der Waals surface area contributed by atoms with Crippen LogP contribution < -0.4 is 10.3 Å². The minimum atomic E-state index is -0.320. The van der Waals surface area contributed by atoms with Crippen LogP contribution in [0.3, 0.4) is 0 Å². The Labute approximate surface area is 121 Å². The first-order chi connectivity index (χ1) is 10.1. The Morgan fingerprint density at radius 1 is 1.38 bits per heavy atom. The van der Waals surface area contributed by atoms with Crippen LogP contribution >= 0.6 is 0 Å². The number of fused-ring (bicyclic) bond motifs is 1. The Kier molecular flexibility index (Phi) is 3.40. The van der Waals surface area contributed by atoms with Crippen molar-refractivity contribution in [3.8, 4) is 5.75 Å². The first-order valence-electron chi connectivity index (χ1n) is 6.99. The van der Waals surface area contributed by atoms with Crippen molar-refractivity contribution in [2.75, 3.05) is 20.2 Å². The summed E-state index contributed by atoms with van der Waals surface area (Å²) in [4.78, 5) is 41.9. The van der Waals surface area contributed by atoms with Gasteiger partial charge in [-0.05, 0) is 12.8 Å². The largest absolute Gasteiger partial charge is 0.496 e. The number of hydrogen-bond donors (Lipinski definition) is 1. The van der Waals surface area contributed by atoms with Gasteiger partial charge in [0.2, 0.25) is 5.91 Å². The molecule has 1 aromatic rings. The van der Waals surface area contributed by atoms with Gasteiger partial charge in [0.05, 0.1) is 12.7 Å². The minimum absolute atomic E-state index is 0.106. The Balaban J connectivity index is 1.91. The number of nitrogens with zero attached hydrogens (tertiary/aromatic N) is 2. The highest BCUT2D eigenvalue weighted by molar-refractivity contribution is 5.97. The van der Waals surface area contributed by atoms with Crippen molar-refractivity contribution in [2.24, 2.45) is 0 Å². The maximum atomic E-state index is 12.7. The third kappa shape index (κ3) is 2.28. The van der Waals surface area contributed by atoms with E-state index in [2.05, 4.69) is 4.98 Å². The second-order valence-electron chi connectivity index (χ2n) is 5.24. The third-order valence-electron chi connectivity index (χ3n) is 4.07. The topological polar surface area (TPSA) is 82.7 Å². The van der Waals surface area contributed by atoms with E-state index >= 15 is 0 Å². The fourth-order valence-corrected chi connectivity index (χ4v) is 3.05. The molecule has 2 saturated heterocycles. The fourth-order valence-electron chi connectivity index (χ4n) is 3.05. The smallest absolute Gasteiger partial charge is 0.260 e. The van der Waals surface area contributed by atoms with Gasteiger partial charge in [-0.1, -0.05) is 0 Å². The number of aromatic nitrogens is 1. The molecule has 1 N–H and O–H groups in total. The molecule has 1 aromatic heterocycles. The summed E-state index contributed by atoms with van der Waals surface area (Å²) >= 11 is 0. The van der Waals surface area contributed by atoms with E-state index in [0.717, 1.165) is 12.8 Å². The Hall–Kier alpha value is -2.31. The molecule has 0 aromatic carbocycles. The maximum absolute atomic E-state index is 12.7. The zero-order valence-corrected chi connectivity index (χ0v) is 11.8. The number of aromatic amines is 1. The van der Waals surface area contributed by atoms with Crippen molar-refractivity contribution < 1.29 is 14.3 Å². The quantitative estimate of drug-likeness (QED) is 0.842. The van der Waals surface area contributed by atoms with E-state index in [1.54, 1.807) is 9.80 Å². The average molecular weight is 291 g/mol. The molecule has 2 aliphatic rings. The van der Waals surface area contributed by atoms with Gasteiger partial charge in [0.15, 0.2) is 0 Å². The van der Waals surface area contributed by atoms with Gasteiger partial charge >= 0.3 is 0 Å². The highest BCUT2D eigenvalue weighted by Gasteiger charge is 2.40. The molecule has 1 unspecified atom stereocenters. The molecule has 2 amide bonds. The first-order valence-corrected chi connectivity index (χ1v) is 6.99. The maximum Gasteiger partial charge on any atom is 0.260 e. The van der Waals surface area contributed by atoms with Crippen LogP contribution in [-0.2, 0) is 4.79 Å². The van der Waals surface area contributed by atoms with Crippen molar-refractivity contribution in [3.63, 3.8) is 0 Å². The lowest BCUT2D eigenvalue weighted by molar-refractivity contribution is -0.139. The predicted octanol–water partition coefficient (Wildman–Crippen LogP) is 0.178. The summed E-state index contributed by atoms with van der Waals surface area (Å²) in [6, 6.07) is 1.26. The third-order valence-corrected chi connectivity index (χ3v) is 4.07. The summed E-state index contributed by atoms with van der Waals surface area (Å²) in [7, 11) is 1.42. The zero-order valence-electron chi connectivity index (χ0n) is 11.8. The number of methoxy groups -OCH3 is 1. The molecule has 0 radical (unpaired) electrons. The summed E-state index contributed by atoms with van der Waals surface area (Å²) in [6.07, 6.45) is 3.24. The monoisotopic (exact) mass is 291 g/mol. The Morgan fingerprint density at radius 3 is 2.95 bits per heavy atom. The van der Waals surface area contributed by atoms with Gasteiger partial charge in [0.1, 0.15) is 11.9 Å². The first kappa shape index (κ1) is 13.7. The van der Waals surface area contributed by atoms with Crippen LogP contribution in [0.1, 0.15) is 29.6 Å². The SMILES string of the molecule is COc1cc(=O)[nH]cc1C(=O)N1CCC(=O)N2CCCC21. The van der Waals surface area contributed by atoms with E-state index < -0.39 is 0 Å². The van der Waals surface area contributed by atoms with Gasteiger partial charge in [-0.15, -0.1) is 0 Å². The summed E-state index contributed by atoms with van der Waals surface area (Å²) in [5.74, 6) is 0.146. The lowest BCUT2D eigenvalue weighted by atomic mass is 10.1. The van der Waals surface area contributed by atoms with Crippen LogP contribution in [0.5, 0.6) is 5.75 Å².